The number of hydrogen-bond donors (Lipinski definition) is 2. The molecule has 6 heteroatoms. The van der Waals surface area contributed by atoms with E-state index in [0.717, 1.165) is 0 Å². The molecule has 0 aliphatic carbocycles. The molecule has 72 valence electrons. The Hall–Kier alpha value is -0.480. The van der Waals surface area contributed by atoms with Crippen LogP contribution in [0.1, 0.15) is 13.3 Å². The first-order chi connectivity index (χ1) is 5.41. The van der Waals surface area contributed by atoms with E-state index in [0.29, 0.717) is 0 Å². The van der Waals surface area contributed by atoms with Crippen LogP contribution in [0.4, 0.5) is 0 Å². The first kappa shape index (κ1) is 14.1. The van der Waals surface area contributed by atoms with Crippen molar-refractivity contribution in [3.05, 3.63) is 0 Å². The number of rotatable bonds is 3. The van der Waals surface area contributed by atoms with E-state index >= 15 is 0 Å². The zero-order valence-electron chi connectivity index (χ0n) is 6.46. The first-order valence-corrected chi connectivity index (χ1v) is 4.03. The van der Waals surface area contributed by atoms with Crippen molar-refractivity contribution in [1.82, 2.24) is 0 Å². The van der Waals surface area contributed by atoms with Gasteiger partial charge in [0, 0.05) is 5.88 Å². The Balaban J connectivity index is 0. The zero-order valence-corrected chi connectivity index (χ0v) is 7.97. The highest BCUT2D eigenvalue weighted by atomic mass is 35.5. The molecular formula is C6H10Cl2O4. The molecule has 1 atom stereocenters. The Morgan fingerprint density at radius 2 is 1.75 bits per heavy atom. The van der Waals surface area contributed by atoms with Gasteiger partial charge in [-0.25, -0.2) is 0 Å². The second kappa shape index (κ2) is 8.62. The SMILES string of the molecule is CC(Cl)C(=O)O.O=C(O)CCCl. The van der Waals surface area contributed by atoms with Crippen LogP contribution >= 0.6 is 23.2 Å². The summed E-state index contributed by atoms with van der Waals surface area (Å²) in [6.45, 7) is 1.41. The van der Waals surface area contributed by atoms with E-state index in [1.165, 1.54) is 6.92 Å². The summed E-state index contributed by atoms with van der Waals surface area (Å²) in [5.74, 6) is -1.61. The first-order valence-electron chi connectivity index (χ1n) is 3.06. The van der Waals surface area contributed by atoms with Crippen molar-refractivity contribution in [3.8, 4) is 0 Å². The third kappa shape index (κ3) is 16.3. The van der Waals surface area contributed by atoms with Gasteiger partial charge in [-0.05, 0) is 6.92 Å². The minimum Gasteiger partial charge on any atom is -0.481 e. The van der Waals surface area contributed by atoms with Crippen molar-refractivity contribution >= 4 is 35.1 Å². The zero-order chi connectivity index (χ0) is 10.1. The Morgan fingerprint density at radius 1 is 1.42 bits per heavy atom. The lowest BCUT2D eigenvalue weighted by Gasteiger charge is -1.86. The number of carbonyl (C=O) groups is 2. The number of alkyl halides is 2. The van der Waals surface area contributed by atoms with Crippen LogP contribution in [-0.2, 0) is 9.59 Å². The molecule has 0 fully saturated rings. The average Bonchev–Trinajstić information content (AvgIpc) is 1.87. The molecule has 0 saturated carbocycles. The van der Waals surface area contributed by atoms with Gasteiger partial charge in [0.2, 0.25) is 0 Å². The molecule has 1 unspecified atom stereocenters. The molecule has 0 saturated heterocycles. The molecule has 12 heavy (non-hydrogen) atoms. The van der Waals surface area contributed by atoms with Gasteiger partial charge in [-0.1, -0.05) is 0 Å². The maximum Gasteiger partial charge on any atom is 0.321 e. The van der Waals surface area contributed by atoms with Crippen molar-refractivity contribution in [2.45, 2.75) is 18.7 Å². The summed E-state index contributed by atoms with van der Waals surface area (Å²) in [6.07, 6.45) is 0.0571. The molecule has 0 aliphatic rings. The van der Waals surface area contributed by atoms with Gasteiger partial charge in [0.05, 0.1) is 6.42 Å². The van der Waals surface area contributed by atoms with Gasteiger partial charge >= 0.3 is 11.9 Å². The van der Waals surface area contributed by atoms with Crippen LogP contribution in [0.2, 0.25) is 0 Å². The summed E-state index contributed by atoms with van der Waals surface area (Å²) in [6, 6.07) is 0. The third-order valence-corrected chi connectivity index (χ3v) is 1.02. The van der Waals surface area contributed by atoms with E-state index < -0.39 is 17.3 Å². The molecule has 0 spiro atoms. The average molecular weight is 217 g/mol. The summed E-state index contributed by atoms with van der Waals surface area (Å²) in [4.78, 5) is 19.1. The van der Waals surface area contributed by atoms with E-state index in [9.17, 15) is 9.59 Å². The molecule has 2 N–H and O–H groups in total. The van der Waals surface area contributed by atoms with Crippen molar-refractivity contribution < 1.29 is 19.8 Å². The van der Waals surface area contributed by atoms with E-state index in [1.54, 1.807) is 0 Å². The Morgan fingerprint density at radius 3 is 1.75 bits per heavy atom. The van der Waals surface area contributed by atoms with Crippen molar-refractivity contribution in [2.24, 2.45) is 0 Å². The molecule has 0 heterocycles. The van der Waals surface area contributed by atoms with Crippen LogP contribution < -0.4 is 0 Å². The molecule has 0 rings (SSSR count). The van der Waals surface area contributed by atoms with Gasteiger partial charge in [-0.3, -0.25) is 9.59 Å². The summed E-state index contributed by atoms with van der Waals surface area (Å²) >= 11 is 10.0. The normalized spacial score (nSPS) is 10.9. The number of carboxylic acids is 2. The fourth-order valence-electron chi connectivity index (χ4n) is 0.0808. The fourth-order valence-corrected chi connectivity index (χ4v) is 0.243. The second-order valence-electron chi connectivity index (χ2n) is 1.79. The molecule has 0 bridgehead atoms. The number of hydrogen-bond acceptors (Lipinski definition) is 2. The van der Waals surface area contributed by atoms with Gasteiger partial charge in [0.1, 0.15) is 5.38 Å². The predicted molar refractivity (Wildman–Crippen MR) is 45.9 cm³/mol. The van der Waals surface area contributed by atoms with Crippen LogP contribution in [0.3, 0.4) is 0 Å². The van der Waals surface area contributed by atoms with E-state index in [-0.39, 0.29) is 12.3 Å². The monoisotopic (exact) mass is 216 g/mol. The minimum absolute atomic E-state index is 0.0571. The Labute approximate surface area is 80.1 Å². The van der Waals surface area contributed by atoms with E-state index in [1.807, 2.05) is 0 Å². The van der Waals surface area contributed by atoms with E-state index in [2.05, 4.69) is 0 Å². The van der Waals surface area contributed by atoms with Crippen LogP contribution in [0.25, 0.3) is 0 Å². The molecule has 0 aromatic carbocycles. The topological polar surface area (TPSA) is 74.6 Å². The van der Waals surface area contributed by atoms with Crippen LogP contribution in [-0.4, -0.2) is 33.4 Å². The summed E-state index contributed by atoms with van der Waals surface area (Å²) in [5, 5.41) is 14.9. The van der Waals surface area contributed by atoms with Gasteiger partial charge in [0.25, 0.3) is 0 Å². The lowest BCUT2D eigenvalue weighted by Crippen LogP contribution is -2.06. The van der Waals surface area contributed by atoms with Crippen molar-refractivity contribution in [3.63, 3.8) is 0 Å². The Kier molecular flexibility index (Phi) is 10.1. The van der Waals surface area contributed by atoms with Gasteiger partial charge in [-0.15, -0.1) is 23.2 Å². The highest BCUT2D eigenvalue weighted by Gasteiger charge is 2.02. The Bertz CT molecular complexity index is 146. The number of aliphatic carboxylic acids is 2. The fraction of sp³-hybridized carbons (Fsp3) is 0.667. The molecule has 0 aliphatic heterocycles. The predicted octanol–water partition coefficient (Wildman–Crippen LogP) is 1.40. The van der Waals surface area contributed by atoms with Gasteiger partial charge in [-0.2, -0.15) is 0 Å². The molecule has 0 radical (unpaired) electrons. The highest BCUT2D eigenvalue weighted by Crippen LogP contribution is 1.89. The van der Waals surface area contributed by atoms with Gasteiger partial charge < -0.3 is 10.2 Å². The van der Waals surface area contributed by atoms with Crippen LogP contribution in [0.15, 0.2) is 0 Å². The molecular weight excluding hydrogens is 207 g/mol. The second-order valence-corrected chi connectivity index (χ2v) is 2.82. The lowest BCUT2D eigenvalue weighted by molar-refractivity contribution is -0.137. The molecule has 0 amide bonds. The number of halogens is 2. The smallest absolute Gasteiger partial charge is 0.321 e. The third-order valence-electron chi connectivity index (χ3n) is 0.649. The quantitative estimate of drug-likeness (QED) is 0.700. The largest absolute Gasteiger partial charge is 0.481 e. The summed E-state index contributed by atoms with van der Waals surface area (Å²) < 4.78 is 0. The standard InChI is InChI=1S/2C3H5ClO2/c1-2(4)3(5)6;4-2-1-3(5)6/h2H,1H3,(H,5,6);1-2H2,(H,5,6). The molecule has 4 nitrogen and oxygen atoms in total. The highest BCUT2D eigenvalue weighted by molar-refractivity contribution is 6.29. The minimum atomic E-state index is -0.975. The van der Waals surface area contributed by atoms with E-state index in [4.69, 9.17) is 33.4 Å². The maximum absolute atomic E-state index is 9.57. The molecule has 0 aromatic rings. The maximum atomic E-state index is 9.57. The lowest BCUT2D eigenvalue weighted by atomic mass is 10.5. The van der Waals surface area contributed by atoms with Crippen LogP contribution in [0, 0.1) is 0 Å². The van der Waals surface area contributed by atoms with Crippen molar-refractivity contribution in [2.75, 3.05) is 5.88 Å². The number of carboxylic acid groups (broad SMARTS) is 2. The van der Waals surface area contributed by atoms with Gasteiger partial charge in [0.15, 0.2) is 0 Å². The van der Waals surface area contributed by atoms with Crippen LogP contribution in [0.5, 0.6) is 0 Å². The summed E-state index contributed by atoms with van der Waals surface area (Å²) in [5.41, 5.74) is 0. The van der Waals surface area contributed by atoms with Crippen molar-refractivity contribution in [1.29, 1.82) is 0 Å². The summed E-state index contributed by atoms with van der Waals surface area (Å²) in [7, 11) is 0. The molecule has 0 aromatic heterocycles.